The zero-order valence-electron chi connectivity index (χ0n) is 9.62. The summed E-state index contributed by atoms with van der Waals surface area (Å²) in [6.07, 6.45) is -1.45. The van der Waals surface area contributed by atoms with Crippen LogP contribution in [0.25, 0.3) is 0 Å². The first-order valence-electron chi connectivity index (χ1n) is 5.38. The number of hydrogen-bond acceptors (Lipinski definition) is 1. The zero-order chi connectivity index (χ0) is 13.3. The molecule has 0 aromatic heterocycles. The van der Waals surface area contributed by atoms with Gasteiger partial charge in [0.05, 0.1) is 0 Å². The molecule has 1 N–H and O–H groups in total. The molecule has 4 heteroatoms. The van der Waals surface area contributed by atoms with Crippen molar-refractivity contribution in [1.29, 1.82) is 0 Å². The molecule has 1 unspecified atom stereocenters. The molecule has 2 aromatic rings. The van der Waals surface area contributed by atoms with Gasteiger partial charge in [-0.1, -0.05) is 24.3 Å². The van der Waals surface area contributed by atoms with E-state index in [0.29, 0.717) is 11.6 Å². The Morgan fingerprint density at radius 1 is 1.00 bits per heavy atom. The average molecular weight is 252 g/mol. The van der Waals surface area contributed by atoms with Gasteiger partial charge in [-0.3, -0.25) is 0 Å². The average Bonchev–Trinajstić information content (AvgIpc) is 2.32. The number of hydrogen-bond donors (Lipinski definition) is 1. The van der Waals surface area contributed by atoms with E-state index >= 15 is 0 Å². The van der Waals surface area contributed by atoms with Gasteiger partial charge >= 0.3 is 0 Å². The molecule has 2 rings (SSSR count). The molecule has 0 aliphatic rings. The molecule has 0 spiro atoms. The summed E-state index contributed by atoms with van der Waals surface area (Å²) < 4.78 is 40.0. The summed E-state index contributed by atoms with van der Waals surface area (Å²) >= 11 is 0. The van der Waals surface area contributed by atoms with Crippen LogP contribution >= 0.6 is 0 Å². The minimum Gasteiger partial charge on any atom is -0.383 e. The van der Waals surface area contributed by atoms with E-state index in [1.165, 1.54) is 6.07 Å². The monoisotopic (exact) mass is 252 g/mol. The lowest BCUT2D eigenvalue weighted by atomic mass is 9.99. The fourth-order valence-electron chi connectivity index (χ4n) is 1.77. The highest BCUT2D eigenvalue weighted by Gasteiger charge is 2.19. The first kappa shape index (κ1) is 12.6. The maximum atomic E-state index is 13.8. The van der Waals surface area contributed by atoms with Gasteiger partial charge in [0.15, 0.2) is 0 Å². The van der Waals surface area contributed by atoms with E-state index in [4.69, 9.17) is 0 Å². The molecular weight excluding hydrogens is 241 g/mol. The Balaban J connectivity index is 2.48. The third-order valence-electron chi connectivity index (χ3n) is 2.77. The molecule has 1 nitrogen and oxygen atoms in total. The molecule has 94 valence electrons. The lowest BCUT2D eigenvalue weighted by molar-refractivity contribution is 0.209. The molecule has 0 radical (unpaired) electrons. The number of aliphatic hydroxyl groups is 1. The normalized spacial score (nSPS) is 12.5. The summed E-state index contributed by atoms with van der Waals surface area (Å²) in [5, 5.41) is 9.97. The summed E-state index contributed by atoms with van der Waals surface area (Å²) in [6.45, 7) is 1.55. The highest BCUT2D eigenvalue weighted by molar-refractivity contribution is 5.34. The Bertz CT molecular complexity index is 581. The molecule has 0 saturated carbocycles. The highest BCUT2D eigenvalue weighted by Crippen LogP contribution is 2.27. The van der Waals surface area contributed by atoms with Crippen molar-refractivity contribution in [2.24, 2.45) is 0 Å². The molecule has 0 heterocycles. The smallest absolute Gasteiger partial charge is 0.132 e. The van der Waals surface area contributed by atoms with Gasteiger partial charge in [0.2, 0.25) is 0 Å². The van der Waals surface area contributed by atoms with E-state index in [2.05, 4.69) is 0 Å². The van der Waals surface area contributed by atoms with Gasteiger partial charge in [0, 0.05) is 17.2 Å². The third kappa shape index (κ3) is 2.24. The first-order chi connectivity index (χ1) is 8.50. The van der Waals surface area contributed by atoms with Gasteiger partial charge in [-0.15, -0.1) is 0 Å². The predicted octanol–water partition coefficient (Wildman–Crippen LogP) is 3.49. The Hall–Kier alpha value is -1.81. The Kier molecular flexibility index (Phi) is 3.39. The molecule has 0 aliphatic carbocycles. The van der Waals surface area contributed by atoms with E-state index in [9.17, 15) is 18.3 Å². The van der Waals surface area contributed by atoms with Crippen LogP contribution in [0.4, 0.5) is 13.2 Å². The van der Waals surface area contributed by atoms with E-state index in [0.717, 1.165) is 12.1 Å². The second-order valence-electron chi connectivity index (χ2n) is 4.05. The molecule has 0 saturated heterocycles. The standard InChI is InChI=1S/C14H11F3O/c1-8-3-2-4-11(13(8)17)14(18)10-6-5-9(15)7-12(10)16/h2-7,14,18H,1H3. The summed E-state index contributed by atoms with van der Waals surface area (Å²) in [5.41, 5.74) is 0.176. The van der Waals surface area contributed by atoms with Crippen LogP contribution in [-0.4, -0.2) is 5.11 Å². The molecule has 18 heavy (non-hydrogen) atoms. The number of rotatable bonds is 2. The first-order valence-corrected chi connectivity index (χ1v) is 5.38. The fraction of sp³-hybridized carbons (Fsp3) is 0.143. The van der Waals surface area contributed by atoms with Crippen molar-refractivity contribution in [2.75, 3.05) is 0 Å². The summed E-state index contributed by atoms with van der Waals surface area (Å²) in [6, 6.07) is 7.28. The lowest BCUT2D eigenvalue weighted by Gasteiger charge is -2.14. The number of halogens is 3. The predicted molar refractivity (Wildman–Crippen MR) is 61.6 cm³/mol. The number of benzene rings is 2. The van der Waals surface area contributed by atoms with Gasteiger partial charge < -0.3 is 5.11 Å². The van der Waals surface area contributed by atoms with E-state index in [1.807, 2.05) is 0 Å². The van der Waals surface area contributed by atoms with Crippen LogP contribution in [0, 0.1) is 24.4 Å². The van der Waals surface area contributed by atoms with Crippen LogP contribution in [0.3, 0.4) is 0 Å². The Morgan fingerprint density at radius 3 is 2.39 bits per heavy atom. The Labute approximate surface area is 103 Å². The fourth-order valence-corrected chi connectivity index (χ4v) is 1.77. The van der Waals surface area contributed by atoms with E-state index in [1.54, 1.807) is 19.1 Å². The quantitative estimate of drug-likeness (QED) is 0.867. The van der Waals surface area contributed by atoms with Crippen molar-refractivity contribution in [3.63, 3.8) is 0 Å². The minimum absolute atomic E-state index is 0.0273. The summed E-state index contributed by atoms with van der Waals surface area (Å²) in [7, 11) is 0. The van der Waals surface area contributed by atoms with Crippen molar-refractivity contribution >= 4 is 0 Å². The van der Waals surface area contributed by atoms with Crippen LogP contribution < -0.4 is 0 Å². The molecule has 2 aromatic carbocycles. The molecule has 0 amide bonds. The molecule has 0 aliphatic heterocycles. The largest absolute Gasteiger partial charge is 0.383 e. The number of aryl methyl sites for hydroxylation is 1. The van der Waals surface area contributed by atoms with Gasteiger partial charge in [-0.05, 0) is 18.6 Å². The minimum atomic E-state index is -1.45. The second kappa shape index (κ2) is 4.82. The molecular formula is C14H11F3O. The summed E-state index contributed by atoms with van der Waals surface area (Å²) in [5.74, 6) is -2.23. The maximum absolute atomic E-state index is 13.8. The molecule has 0 bridgehead atoms. The number of aliphatic hydroxyl groups excluding tert-OH is 1. The van der Waals surface area contributed by atoms with Crippen molar-refractivity contribution in [3.8, 4) is 0 Å². The Morgan fingerprint density at radius 2 is 1.72 bits per heavy atom. The van der Waals surface area contributed by atoms with Crippen molar-refractivity contribution < 1.29 is 18.3 Å². The van der Waals surface area contributed by atoms with Gasteiger partial charge in [0.25, 0.3) is 0 Å². The topological polar surface area (TPSA) is 20.2 Å². The zero-order valence-corrected chi connectivity index (χ0v) is 9.62. The van der Waals surface area contributed by atoms with E-state index in [-0.39, 0.29) is 11.1 Å². The highest BCUT2D eigenvalue weighted by atomic mass is 19.1. The SMILES string of the molecule is Cc1cccc(C(O)c2ccc(F)cc2F)c1F. The van der Waals surface area contributed by atoms with Crippen molar-refractivity contribution in [2.45, 2.75) is 13.0 Å². The van der Waals surface area contributed by atoms with Gasteiger partial charge in [0.1, 0.15) is 23.6 Å². The second-order valence-corrected chi connectivity index (χ2v) is 4.05. The third-order valence-corrected chi connectivity index (χ3v) is 2.77. The van der Waals surface area contributed by atoms with Gasteiger partial charge in [-0.2, -0.15) is 0 Å². The van der Waals surface area contributed by atoms with E-state index < -0.39 is 23.6 Å². The van der Waals surface area contributed by atoms with Crippen LogP contribution in [0.15, 0.2) is 36.4 Å². The maximum Gasteiger partial charge on any atom is 0.132 e. The molecule has 1 atom stereocenters. The van der Waals surface area contributed by atoms with Crippen molar-refractivity contribution in [1.82, 2.24) is 0 Å². The van der Waals surface area contributed by atoms with Gasteiger partial charge in [-0.25, -0.2) is 13.2 Å². The lowest BCUT2D eigenvalue weighted by Crippen LogP contribution is -2.06. The van der Waals surface area contributed by atoms with Crippen molar-refractivity contribution in [3.05, 3.63) is 70.5 Å². The van der Waals surface area contributed by atoms with Crippen LogP contribution in [0.1, 0.15) is 22.8 Å². The van der Waals surface area contributed by atoms with Crippen LogP contribution in [0.2, 0.25) is 0 Å². The van der Waals surface area contributed by atoms with Crippen LogP contribution in [-0.2, 0) is 0 Å². The summed E-state index contributed by atoms with van der Waals surface area (Å²) in [4.78, 5) is 0. The van der Waals surface area contributed by atoms with Crippen LogP contribution in [0.5, 0.6) is 0 Å². The molecule has 0 fully saturated rings.